The van der Waals surface area contributed by atoms with E-state index in [1.165, 1.54) is 0 Å². The molecule has 0 spiro atoms. The van der Waals surface area contributed by atoms with Crippen LogP contribution in [0.1, 0.15) is 15.9 Å². The molecule has 3 aromatic rings. The third kappa shape index (κ3) is 2.76. The molecule has 0 unspecified atom stereocenters. The molecule has 2 aromatic carbocycles. The Bertz CT molecular complexity index is 934. The van der Waals surface area contributed by atoms with Crippen molar-refractivity contribution in [2.45, 2.75) is 6.92 Å². The molecular formula is C19H17NO4. The second-order valence-electron chi connectivity index (χ2n) is 5.42. The van der Waals surface area contributed by atoms with Gasteiger partial charge in [-0.1, -0.05) is 0 Å². The Morgan fingerprint density at radius 1 is 1.00 bits per heavy atom. The molecule has 0 fully saturated rings. The van der Waals surface area contributed by atoms with Crippen molar-refractivity contribution in [2.75, 3.05) is 14.2 Å². The number of hydrogen-bond donors (Lipinski definition) is 1. The van der Waals surface area contributed by atoms with Crippen molar-refractivity contribution in [2.24, 2.45) is 0 Å². The number of benzene rings is 2. The van der Waals surface area contributed by atoms with Crippen LogP contribution in [0.2, 0.25) is 0 Å². The summed E-state index contributed by atoms with van der Waals surface area (Å²) in [6, 6.07) is 12.4. The number of aryl methyl sites for hydroxylation is 1. The number of hydrogen-bond acceptors (Lipinski definition) is 4. The van der Waals surface area contributed by atoms with Crippen molar-refractivity contribution < 1.29 is 19.4 Å². The number of aromatic carboxylic acids is 1. The summed E-state index contributed by atoms with van der Waals surface area (Å²) in [5, 5.41) is 10.1. The molecule has 0 radical (unpaired) electrons. The predicted octanol–water partition coefficient (Wildman–Crippen LogP) is 3.93. The highest BCUT2D eigenvalue weighted by Crippen LogP contribution is 2.30. The zero-order valence-corrected chi connectivity index (χ0v) is 13.7. The molecule has 0 aliphatic heterocycles. The molecule has 0 amide bonds. The van der Waals surface area contributed by atoms with Crippen LogP contribution in [0.15, 0.2) is 42.5 Å². The molecule has 1 aromatic heterocycles. The fraction of sp³-hybridized carbons (Fsp3) is 0.158. The molecule has 122 valence electrons. The van der Waals surface area contributed by atoms with E-state index in [0.29, 0.717) is 22.3 Å². The Hall–Kier alpha value is -3.08. The molecule has 1 heterocycles. The van der Waals surface area contributed by atoms with E-state index in [9.17, 15) is 9.90 Å². The van der Waals surface area contributed by atoms with Gasteiger partial charge < -0.3 is 14.6 Å². The fourth-order valence-electron chi connectivity index (χ4n) is 2.70. The van der Waals surface area contributed by atoms with Crippen LogP contribution in [-0.4, -0.2) is 30.3 Å². The zero-order chi connectivity index (χ0) is 17.3. The first kappa shape index (κ1) is 15.8. The van der Waals surface area contributed by atoms with Crippen molar-refractivity contribution in [3.05, 3.63) is 53.6 Å². The maximum atomic E-state index is 11.7. The van der Waals surface area contributed by atoms with Gasteiger partial charge in [-0.3, -0.25) is 0 Å². The van der Waals surface area contributed by atoms with Crippen LogP contribution in [-0.2, 0) is 0 Å². The maximum Gasteiger partial charge on any atom is 0.336 e. The van der Waals surface area contributed by atoms with Gasteiger partial charge in [0.2, 0.25) is 0 Å². The molecule has 0 aliphatic carbocycles. The highest BCUT2D eigenvalue weighted by Gasteiger charge is 2.15. The Balaban J connectivity index is 2.25. The molecule has 5 heteroatoms. The molecular weight excluding hydrogens is 306 g/mol. The van der Waals surface area contributed by atoms with E-state index < -0.39 is 5.97 Å². The molecule has 1 N–H and O–H groups in total. The SMILES string of the molecule is COc1ccc(-c2cc(C(=O)O)c3cc(OC)ccc3n2)c(C)c1. The van der Waals surface area contributed by atoms with E-state index in [1.54, 1.807) is 38.5 Å². The van der Waals surface area contributed by atoms with Gasteiger partial charge in [-0.2, -0.15) is 0 Å². The maximum absolute atomic E-state index is 11.7. The van der Waals surface area contributed by atoms with Gasteiger partial charge in [0.25, 0.3) is 0 Å². The minimum atomic E-state index is -0.997. The first-order valence-electron chi connectivity index (χ1n) is 7.40. The van der Waals surface area contributed by atoms with Gasteiger partial charge in [0.05, 0.1) is 31.0 Å². The van der Waals surface area contributed by atoms with Gasteiger partial charge in [-0.25, -0.2) is 9.78 Å². The largest absolute Gasteiger partial charge is 0.497 e. The predicted molar refractivity (Wildman–Crippen MR) is 92.0 cm³/mol. The highest BCUT2D eigenvalue weighted by atomic mass is 16.5. The van der Waals surface area contributed by atoms with E-state index in [4.69, 9.17) is 9.47 Å². The lowest BCUT2D eigenvalue weighted by Gasteiger charge is -2.11. The van der Waals surface area contributed by atoms with Gasteiger partial charge in [0.15, 0.2) is 0 Å². The third-order valence-corrected chi connectivity index (χ3v) is 3.96. The van der Waals surface area contributed by atoms with E-state index >= 15 is 0 Å². The van der Waals surface area contributed by atoms with Crippen molar-refractivity contribution in [1.29, 1.82) is 0 Å². The smallest absolute Gasteiger partial charge is 0.336 e. The Morgan fingerprint density at radius 3 is 2.29 bits per heavy atom. The first-order valence-corrected chi connectivity index (χ1v) is 7.40. The molecule has 0 aliphatic rings. The minimum Gasteiger partial charge on any atom is -0.497 e. The van der Waals surface area contributed by atoms with E-state index in [0.717, 1.165) is 16.9 Å². The number of fused-ring (bicyclic) bond motifs is 1. The zero-order valence-electron chi connectivity index (χ0n) is 13.7. The number of carbonyl (C=O) groups is 1. The number of pyridine rings is 1. The number of carboxylic acids is 1. The Morgan fingerprint density at radius 2 is 1.67 bits per heavy atom. The van der Waals surface area contributed by atoms with Crippen LogP contribution in [0.4, 0.5) is 0 Å². The number of aromatic nitrogens is 1. The summed E-state index contributed by atoms with van der Waals surface area (Å²) < 4.78 is 10.4. The van der Waals surface area contributed by atoms with E-state index in [1.807, 2.05) is 25.1 Å². The van der Waals surface area contributed by atoms with Gasteiger partial charge in [-0.15, -0.1) is 0 Å². The third-order valence-electron chi connectivity index (χ3n) is 3.96. The molecule has 24 heavy (non-hydrogen) atoms. The number of rotatable bonds is 4. The summed E-state index contributed by atoms with van der Waals surface area (Å²) in [5.74, 6) is 0.350. The summed E-state index contributed by atoms with van der Waals surface area (Å²) >= 11 is 0. The van der Waals surface area contributed by atoms with Gasteiger partial charge in [0.1, 0.15) is 11.5 Å². The van der Waals surface area contributed by atoms with E-state index in [-0.39, 0.29) is 5.56 Å². The Kier molecular flexibility index (Phi) is 4.08. The summed E-state index contributed by atoms with van der Waals surface area (Å²) in [7, 11) is 3.16. The van der Waals surface area contributed by atoms with Crippen molar-refractivity contribution >= 4 is 16.9 Å². The lowest BCUT2D eigenvalue weighted by Crippen LogP contribution is -2.01. The molecule has 3 rings (SSSR count). The summed E-state index contributed by atoms with van der Waals surface area (Å²) in [4.78, 5) is 16.3. The molecule has 5 nitrogen and oxygen atoms in total. The van der Waals surface area contributed by atoms with E-state index in [2.05, 4.69) is 4.98 Å². The van der Waals surface area contributed by atoms with Crippen LogP contribution < -0.4 is 9.47 Å². The number of carboxylic acid groups (broad SMARTS) is 1. The average Bonchev–Trinajstić information content (AvgIpc) is 2.59. The number of nitrogens with zero attached hydrogens (tertiary/aromatic N) is 1. The molecule has 0 saturated heterocycles. The second kappa shape index (κ2) is 6.20. The molecule has 0 atom stereocenters. The van der Waals surface area contributed by atoms with Crippen LogP contribution in [0.3, 0.4) is 0 Å². The number of ether oxygens (including phenoxy) is 2. The summed E-state index contributed by atoms with van der Waals surface area (Å²) in [6.07, 6.45) is 0. The lowest BCUT2D eigenvalue weighted by atomic mass is 10.0. The highest BCUT2D eigenvalue weighted by molar-refractivity contribution is 6.04. The van der Waals surface area contributed by atoms with Crippen molar-refractivity contribution in [3.63, 3.8) is 0 Å². The average molecular weight is 323 g/mol. The first-order chi connectivity index (χ1) is 11.5. The minimum absolute atomic E-state index is 0.198. The van der Waals surface area contributed by atoms with Crippen LogP contribution in [0, 0.1) is 6.92 Å². The monoisotopic (exact) mass is 323 g/mol. The normalized spacial score (nSPS) is 10.6. The topological polar surface area (TPSA) is 68.7 Å². The lowest BCUT2D eigenvalue weighted by molar-refractivity contribution is 0.0699. The quantitative estimate of drug-likeness (QED) is 0.788. The standard InChI is InChI=1S/C19H17NO4/c1-11-8-12(23-2)4-6-14(11)18-10-16(19(21)22)15-9-13(24-3)5-7-17(15)20-18/h4-10H,1-3H3,(H,21,22). The summed E-state index contributed by atoms with van der Waals surface area (Å²) in [5.41, 5.74) is 3.26. The number of methoxy groups -OCH3 is 2. The fourth-order valence-corrected chi connectivity index (χ4v) is 2.70. The second-order valence-corrected chi connectivity index (χ2v) is 5.42. The van der Waals surface area contributed by atoms with Crippen LogP contribution in [0.25, 0.3) is 22.2 Å². The van der Waals surface area contributed by atoms with Crippen molar-refractivity contribution in [3.8, 4) is 22.8 Å². The van der Waals surface area contributed by atoms with Gasteiger partial charge in [0, 0.05) is 10.9 Å². The van der Waals surface area contributed by atoms with Crippen LogP contribution >= 0.6 is 0 Å². The van der Waals surface area contributed by atoms with Gasteiger partial charge >= 0.3 is 5.97 Å². The Labute approximate surface area is 139 Å². The van der Waals surface area contributed by atoms with Gasteiger partial charge in [-0.05, 0) is 55.0 Å². The summed E-state index contributed by atoms with van der Waals surface area (Å²) in [6.45, 7) is 1.94. The molecule has 0 saturated carbocycles. The molecule has 0 bridgehead atoms. The van der Waals surface area contributed by atoms with Crippen LogP contribution in [0.5, 0.6) is 11.5 Å². The van der Waals surface area contributed by atoms with Crippen molar-refractivity contribution in [1.82, 2.24) is 4.98 Å².